The molecule has 80 valence electrons. The van der Waals surface area contributed by atoms with Gasteiger partial charge in [-0.25, -0.2) is 0 Å². The van der Waals surface area contributed by atoms with Crippen LogP contribution in [0.1, 0.15) is 16.7 Å². The van der Waals surface area contributed by atoms with E-state index in [1.165, 1.54) is 5.56 Å². The maximum absolute atomic E-state index is 6.13. The van der Waals surface area contributed by atoms with E-state index < -0.39 is 0 Å². The van der Waals surface area contributed by atoms with Gasteiger partial charge < -0.3 is 0 Å². The molecule has 0 spiro atoms. The van der Waals surface area contributed by atoms with Crippen LogP contribution in [0.2, 0.25) is 5.02 Å². The van der Waals surface area contributed by atoms with Crippen molar-refractivity contribution < 1.29 is 0 Å². The molecule has 2 rings (SSSR count). The zero-order valence-electron chi connectivity index (χ0n) is 8.91. The standard InChI is InChI=1S/C14H11ClS/c1-10-6-2-3-7-11(10)14(16)12-8-4-5-9-13(12)15/h2-9H,1H3. The van der Waals surface area contributed by atoms with Crippen LogP contribution in [-0.4, -0.2) is 4.86 Å². The largest absolute Gasteiger partial charge is 0.0836 e. The monoisotopic (exact) mass is 246 g/mol. The summed E-state index contributed by atoms with van der Waals surface area (Å²) in [6, 6.07) is 15.8. The van der Waals surface area contributed by atoms with Gasteiger partial charge in [-0.1, -0.05) is 66.3 Å². The minimum Gasteiger partial charge on any atom is -0.0836 e. The first-order chi connectivity index (χ1) is 7.70. The Labute approximate surface area is 106 Å². The number of rotatable bonds is 2. The second-order valence-corrected chi connectivity index (χ2v) is 4.44. The van der Waals surface area contributed by atoms with E-state index in [4.69, 9.17) is 23.8 Å². The molecule has 16 heavy (non-hydrogen) atoms. The van der Waals surface area contributed by atoms with Crippen LogP contribution in [-0.2, 0) is 0 Å². The smallest absolute Gasteiger partial charge is 0.0539 e. The fourth-order valence-corrected chi connectivity index (χ4v) is 2.31. The highest BCUT2D eigenvalue weighted by molar-refractivity contribution is 7.81. The van der Waals surface area contributed by atoms with Gasteiger partial charge in [0.25, 0.3) is 0 Å². The highest BCUT2D eigenvalue weighted by atomic mass is 35.5. The minimum absolute atomic E-state index is 0.704. The van der Waals surface area contributed by atoms with Crippen LogP contribution in [0.25, 0.3) is 0 Å². The first-order valence-electron chi connectivity index (χ1n) is 5.05. The van der Waals surface area contributed by atoms with E-state index in [2.05, 4.69) is 13.0 Å². The van der Waals surface area contributed by atoms with E-state index in [0.29, 0.717) is 5.02 Å². The third-order valence-corrected chi connectivity index (χ3v) is 3.28. The molecule has 2 heteroatoms. The van der Waals surface area contributed by atoms with Crippen LogP contribution in [0.3, 0.4) is 0 Å². The second-order valence-electron chi connectivity index (χ2n) is 3.62. The van der Waals surface area contributed by atoms with E-state index in [-0.39, 0.29) is 0 Å². The van der Waals surface area contributed by atoms with Crippen LogP contribution >= 0.6 is 23.8 Å². The summed E-state index contributed by atoms with van der Waals surface area (Å²) in [6.07, 6.45) is 0. The predicted octanol–water partition coefficient (Wildman–Crippen LogP) is 4.41. The van der Waals surface area contributed by atoms with Crippen molar-refractivity contribution in [2.24, 2.45) is 0 Å². The topological polar surface area (TPSA) is 0 Å². The molecule has 0 aliphatic rings. The average molecular weight is 247 g/mol. The van der Waals surface area contributed by atoms with Crippen molar-refractivity contribution in [1.29, 1.82) is 0 Å². The van der Waals surface area contributed by atoms with E-state index in [1.54, 1.807) is 0 Å². The van der Waals surface area contributed by atoms with Crippen LogP contribution in [0.15, 0.2) is 48.5 Å². The maximum atomic E-state index is 6.13. The number of hydrogen-bond donors (Lipinski definition) is 0. The van der Waals surface area contributed by atoms with Crippen LogP contribution in [0.4, 0.5) is 0 Å². The van der Waals surface area contributed by atoms with Gasteiger partial charge in [-0.2, -0.15) is 0 Å². The molecule has 0 saturated heterocycles. The summed E-state index contributed by atoms with van der Waals surface area (Å²) in [5.41, 5.74) is 3.17. The molecular weight excluding hydrogens is 236 g/mol. The van der Waals surface area contributed by atoms with Crippen LogP contribution in [0, 0.1) is 6.92 Å². The molecular formula is C14H11ClS. The van der Waals surface area contributed by atoms with Gasteiger partial charge >= 0.3 is 0 Å². The summed E-state index contributed by atoms with van der Waals surface area (Å²) in [7, 11) is 0. The molecule has 2 aromatic carbocycles. The molecule has 0 unspecified atom stereocenters. The maximum Gasteiger partial charge on any atom is 0.0539 e. The van der Waals surface area contributed by atoms with Crippen molar-refractivity contribution in [3.63, 3.8) is 0 Å². The van der Waals surface area contributed by atoms with Gasteiger partial charge in [0, 0.05) is 10.6 Å². The van der Waals surface area contributed by atoms with Crippen molar-refractivity contribution in [1.82, 2.24) is 0 Å². The Morgan fingerprint density at radius 3 is 2.12 bits per heavy atom. The van der Waals surface area contributed by atoms with Gasteiger partial charge in [-0.05, 0) is 24.1 Å². The Balaban J connectivity index is 2.48. The normalized spacial score (nSPS) is 10.1. The van der Waals surface area contributed by atoms with Gasteiger partial charge in [0.2, 0.25) is 0 Å². The van der Waals surface area contributed by atoms with Crippen molar-refractivity contribution in [2.45, 2.75) is 6.92 Å². The Bertz CT molecular complexity index is 484. The lowest BCUT2D eigenvalue weighted by molar-refractivity contribution is 1.44. The number of thiocarbonyl (C=S) groups is 1. The molecule has 2 aromatic rings. The minimum atomic E-state index is 0.704. The molecule has 0 fully saturated rings. The van der Waals surface area contributed by atoms with Crippen molar-refractivity contribution >= 4 is 28.7 Å². The van der Waals surface area contributed by atoms with E-state index in [1.807, 2.05) is 42.5 Å². The van der Waals surface area contributed by atoms with Gasteiger partial charge in [-0.15, -0.1) is 0 Å². The van der Waals surface area contributed by atoms with Crippen LogP contribution in [0.5, 0.6) is 0 Å². The molecule has 0 amide bonds. The molecule has 0 aliphatic carbocycles. The zero-order chi connectivity index (χ0) is 11.5. The fraction of sp³-hybridized carbons (Fsp3) is 0.0714. The molecule has 0 aliphatic heterocycles. The quantitative estimate of drug-likeness (QED) is 0.559. The van der Waals surface area contributed by atoms with Gasteiger partial charge in [0.1, 0.15) is 0 Å². The van der Waals surface area contributed by atoms with E-state index in [0.717, 1.165) is 16.0 Å². The summed E-state index contributed by atoms with van der Waals surface area (Å²) in [5.74, 6) is 0. The summed E-state index contributed by atoms with van der Waals surface area (Å²) in [5, 5.41) is 0.704. The first kappa shape index (κ1) is 11.3. The number of aryl methyl sites for hydroxylation is 1. The van der Waals surface area contributed by atoms with Crippen molar-refractivity contribution in [3.05, 3.63) is 70.2 Å². The highest BCUT2D eigenvalue weighted by Gasteiger charge is 2.09. The summed E-state index contributed by atoms with van der Waals surface area (Å²) in [6.45, 7) is 2.05. The van der Waals surface area contributed by atoms with Crippen molar-refractivity contribution in [3.8, 4) is 0 Å². The average Bonchev–Trinajstić information content (AvgIpc) is 2.29. The SMILES string of the molecule is Cc1ccccc1C(=S)c1ccccc1Cl. The molecule has 0 saturated carbocycles. The predicted molar refractivity (Wildman–Crippen MR) is 73.4 cm³/mol. The third kappa shape index (κ3) is 2.16. The van der Waals surface area contributed by atoms with E-state index >= 15 is 0 Å². The highest BCUT2D eigenvalue weighted by Crippen LogP contribution is 2.21. The summed E-state index contributed by atoms with van der Waals surface area (Å²) < 4.78 is 0. The zero-order valence-corrected chi connectivity index (χ0v) is 10.5. The molecule has 0 heterocycles. The molecule has 0 aromatic heterocycles. The Morgan fingerprint density at radius 2 is 1.50 bits per heavy atom. The van der Waals surface area contributed by atoms with Crippen molar-refractivity contribution in [2.75, 3.05) is 0 Å². The molecule has 0 radical (unpaired) electrons. The summed E-state index contributed by atoms with van der Waals surface area (Å²) >= 11 is 11.6. The Morgan fingerprint density at radius 1 is 0.938 bits per heavy atom. The number of benzene rings is 2. The lowest BCUT2D eigenvalue weighted by Gasteiger charge is -2.08. The lowest BCUT2D eigenvalue weighted by Crippen LogP contribution is -2.02. The van der Waals surface area contributed by atoms with Gasteiger partial charge in [0.05, 0.1) is 4.86 Å². The third-order valence-electron chi connectivity index (χ3n) is 2.51. The molecule has 0 nitrogen and oxygen atoms in total. The number of halogens is 1. The second kappa shape index (κ2) is 4.77. The van der Waals surface area contributed by atoms with E-state index in [9.17, 15) is 0 Å². The van der Waals surface area contributed by atoms with Crippen LogP contribution < -0.4 is 0 Å². The van der Waals surface area contributed by atoms with Gasteiger partial charge in [-0.3, -0.25) is 0 Å². The first-order valence-corrected chi connectivity index (χ1v) is 5.83. The Hall–Kier alpha value is -1.18. The summed E-state index contributed by atoms with van der Waals surface area (Å²) in [4.78, 5) is 0.809. The van der Waals surface area contributed by atoms with Gasteiger partial charge in [0.15, 0.2) is 0 Å². The molecule has 0 N–H and O–H groups in total. The Kier molecular flexibility index (Phi) is 3.37. The molecule has 0 bridgehead atoms. The fourth-order valence-electron chi connectivity index (χ4n) is 1.62. The molecule has 0 atom stereocenters. The lowest BCUT2D eigenvalue weighted by atomic mass is 10.0. The number of hydrogen-bond acceptors (Lipinski definition) is 1.